The van der Waals surface area contributed by atoms with E-state index in [0.717, 1.165) is 32.0 Å². The largest absolute Gasteiger partial charge is 0.354 e. The number of piperazine rings is 1. The van der Waals surface area contributed by atoms with Crippen molar-refractivity contribution < 1.29 is 0 Å². The van der Waals surface area contributed by atoms with Gasteiger partial charge in [0.25, 0.3) is 5.56 Å². The van der Waals surface area contributed by atoms with Crippen LogP contribution >= 0.6 is 11.6 Å². The monoisotopic (exact) mass is 264 g/mol. The lowest BCUT2D eigenvalue weighted by Gasteiger charge is -2.28. The smallest absolute Gasteiger partial charge is 0.260 e. The van der Waals surface area contributed by atoms with Gasteiger partial charge in [0.05, 0.1) is 5.02 Å². The lowest BCUT2D eigenvalue weighted by atomic mass is 10.3. The molecule has 0 spiro atoms. The maximum Gasteiger partial charge on any atom is 0.260 e. The van der Waals surface area contributed by atoms with Crippen molar-refractivity contribution in [3.8, 4) is 0 Å². The number of halogens is 1. The number of anilines is 1. The highest BCUT2D eigenvalue weighted by molar-refractivity contribution is 6.30. The fourth-order valence-corrected chi connectivity index (χ4v) is 2.28. The van der Waals surface area contributed by atoms with E-state index in [0.29, 0.717) is 10.7 Å². The molecule has 18 heavy (non-hydrogen) atoms. The van der Waals surface area contributed by atoms with Gasteiger partial charge in [0.2, 0.25) is 0 Å². The van der Waals surface area contributed by atoms with Gasteiger partial charge in [0.1, 0.15) is 11.5 Å². The van der Waals surface area contributed by atoms with Crippen molar-refractivity contribution >= 4 is 23.1 Å². The third-order valence-electron chi connectivity index (χ3n) is 3.05. The van der Waals surface area contributed by atoms with Gasteiger partial charge in [-0.3, -0.25) is 9.20 Å². The third-order valence-corrected chi connectivity index (χ3v) is 3.27. The van der Waals surface area contributed by atoms with Crippen molar-refractivity contribution in [3.05, 3.63) is 39.8 Å². The second-order valence-corrected chi connectivity index (χ2v) is 4.70. The second kappa shape index (κ2) is 4.59. The maximum atomic E-state index is 12.0. The van der Waals surface area contributed by atoms with Gasteiger partial charge in [0, 0.05) is 38.4 Å². The molecule has 1 aliphatic rings. The summed E-state index contributed by atoms with van der Waals surface area (Å²) in [6.45, 7) is 3.58. The Morgan fingerprint density at radius 3 is 2.83 bits per heavy atom. The molecule has 1 aliphatic heterocycles. The van der Waals surface area contributed by atoms with Gasteiger partial charge in [0.15, 0.2) is 0 Å². The van der Waals surface area contributed by atoms with E-state index in [1.807, 2.05) is 0 Å². The number of nitrogens with one attached hydrogen (secondary N) is 1. The molecule has 0 aromatic carbocycles. The van der Waals surface area contributed by atoms with Crippen LogP contribution in [0.4, 0.5) is 5.82 Å². The first-order chi connectivity index (χ1) is 8.74. The lowest BCUT2D eigenvalue weighted by molar-refractivity contribution is 0.584. The predicted molar refractivity (Wildman–Crippen MR) is 71.6 cm³/mol. The molecule has 0 aliphatic carbocycles. The van der Waals surface area contributed by atoms with Gasteiger partial charge in [-0.05, 0) is 12.1 Å². The van der Waals surface area contributed by atoms with Gasteiger partial charge in [-0.2, -0.15) is 0 Å². The molecular weight excluding hydrogens is 252 g/mol. The Bertz CT molecular complexity index is 634. The summed E-state index contributed by atoms with van der Waals surface area (Å²) in [6, 6.07) is 5.06. The average Bonchev–Trinajstić information content (AvgIpc) is 2.40. The van der Waals surface area contributed by atoms with E-state index in [4.69, 9.17) is 11.6 Å². The summed E-state index contributed by atoms with van der Waals surface area (Å²) in [5.41, 5.74) is 0.525. The Labute approximate surface area is 109 Å². The molecule has 6 heteroatoms. The first-order valence-corrected chi connectivity index (χ1v) is 6.26. The molecule has 3 rings (SSSR count). The van der Waals surface area contributed by atoms with E-state index in [2.05, 4.69) is 15.2 Å². The molecule has 1 N–H and O–H groups in total. The average molecular weight is 265 g/mol. The summed E-state index contributed by atoms with van der Waals surface area (Å²) in [5, 5.41) is 3.80. The first kappa shape index (κ1) is 11.5. The number of rotatable bonds is 1. The molecule has 2 aromatic rings. The zero-order valence-corrected chi connectivity index (χ0v) is 10.5. The molecular formula is C12H13ClN4O. The van der Waals surface area contributed by atoms with Crippen molar-refractivity contribution in [1.82, 2.24) is 14.7 Å². The Hall–Kier alpha value is -1.59. The van der Waals surface area contributed by atoms with Crippen LogP contribution in [0, 0.1) is 0 Å². The number of pyridine rings is 1. The van der Waals surface area contributed by atoms with Crippen molar-refractivity contribution in [2.45, 2.75) is 0 Å². The zero-order valence-electron chi connectivity index (χ0n) is 9.77. The summed E-state index contributed by atoms with van der Waals surface area (Å²) in [6.07, 6.45) is 1.59. The van der Waals surface area contributed by atoms with Crippen LogP contribution in [0.5, 0.6) is 0 Å². The van der Waals surface area contributed by atoms with E-state index < -0.39 is 0 Å². The van der Waals surface area contributed by atoms with Crippen LogP contribution in [-0.4, -0.2) is 35.6 Å². The van der Waals surface area contributed by atoms with Crippen molar-refractivity contribution in [2.75, 3.05) is 31.1 Å². The first-order valence-electron chi connectivity index (χ1n) is 5.89. The van der Waals surface area contributed by atoms with Crippen LogP contribution in [0.3, 0.4) is 0 Å². The highest BCUT2D eigenvalue weighted by Crippen LogP contribution is 2.13. The van der Waals surface area contributed by atoms with Gasteiger partial charge in [-0.1, -0.05) is 11.6 Å². The number of hydrogen-bond donors (Lipinski definition) is 1. The van der Waals surface area contributed by atoms with Crippen molar-refractivity contribution in [2.24, 2.45) is 0 Å². The van der Waals surface area contributed by atoms with Crippen LogP contribution < -0.4 is 15.8 Å². The Morgan fingerprint density at radius 1 is 1.28 bits per heavy atom. The Kier molecular flexibility index (Phi) is 2.93. The zero-order chi connectivity index (χ0) is 12.5. The molecule has 0 saturated carbocycles. The topological polar surface area (TPSA) is 49.6 Å². The second-order valence-electron chi connectivity index (χ2n) is 4.27. The fraction of sp³-hybridized carbons (Fsp3) is 0.333. The number of nitrogens with zero attached hydrogens (tertiary/aromatic N) is 3. The highest BCUT2D eigenvalue weighted by atomic mass is 35.5. The molecule has 0 bridgehead atoms. The van der Waals surface area contributed by atoms with Gasteiger partial charge in [-0.15, -0.1) is 0 Å². The summed E-state index contributed by atoms with van der Waals surface area (Å²) in [7, 11) is 0. The molecule has 5 nitrogen and oxygen atoms in total. The normalized spacial score (nSPS) is 16.2. The molecule has 0 radical (unpaired) electrons. The molecule has 94 valence electrons. The standard InChI is InChI=1S/C12H13ClN4O/c13-9-1-2-10-15-11(7-12(18)17(10)8-9)16-5-3-14-4-6-16/h1-2,7-8,14H,3-6H2. The minimum Gasteiger partial charge on any atom is -0.354 e. The molecule has 0 unspecified atom stereocenters. The number of fused-ring (bicyclic) bond motifs is 1. The third kappa shape index (κ3) is 2.07. The maximum absolute atomic E-state index is 12.0. The van der Waals surface area contributed by atoms with Gasteiger partial charge >= 0.3 is 0 Å². The highest BCUT2D eigenvalue weighted by Gasteiger charge is 2.13. The van der Waals surface area contributed by atoms with E-state index in [-0.39, 0.29) is 5.56 Å². The van der Waals surface area contributed by atoms with Crippen LogP contribution in [0.15, 0.2) is 29.2 Å². The van der Waals surface area contributed by atoms with E-state index in [1.54, 1.807) is 24.4 Å². The van der Waals surface area contributed by atoms with Crippen molar-refractivity contribution in [3.63, 3.8) is 0 Å². The van der Waals surface area contributed by atoms with Crippen LogP contribution in [0.1, 0.15) is 0 Å². The summed E-state index contributed by atoms with van der Waals surface area (Å²) in [4.78, 5) is 18.6. The van der Waals surface area contributed by atoms with E-state index >= 15 is 0 Å². The summed E-state index contributed by atoms with van der Waals surface area (Å²) < 4.78 is 1.47. The Morgan fingerprint density at radius 2 is 2.06 bits per heavy atom. The van der Waals surface area contributed by atoms with E-state index in [1.165, 1.54) is 4.40 Å². The van der Waals surface area contributed by atoms with Crippen LogP contribution in [0.25, 0.3) is 5.65 Å². The summed E-state index contributed by atoms with van der Waals surface area (Å²) in [5.74, 6) is 0.740. The molecule has 3 heterocycles. The van der Waals surface area contributed by atoms with Gasteiger partial charge in [-0.25, -0.2) is 4.98 Å². The minimum atomic E-state index is -0.101. The predicted octanol–water partition coefficient (Wildman–Crippen LogP) is 0.758. The molecule has 0 atom stereocenters. The SMILES string of the molecule is O=c1cc(N2CCNCC2)nc2ccc(Cl)cn12. The molecule has 0 amide bonds. The van der Waals surface area contributed by atoms with Crippen molar-refractivity contribution in [1.29, 1.82) is 0 Å². The molecule has 1 saturated heterocycles. The quantitative estimate of drug-likeness (QED) is 0.826. The van der Waals surface area contributed by atoms with Crippen LogP contribution in [-0.2, 0) is 0 Å². The Balaban J connectivity index is 2.09. The molecule has 1 fully saturated rings. The van der Waals surface area contributed by atoms with E-state index in [9.17, 15) is 4.79 Å². The van der Waals surface area contributed by atoms with Crippen LogP contribution in [0.2, 0.25) is 5.02 Å². The number of hydrogen-bond acceptors (Lipinski definition) is 4. The molecule has 2 aromatic heterocycles. The summed E-state index contributed by atoms with van der Waals surface area (Å²) >= 11 is 5.87. The lowest BCUT2D eigenvalue weighted by Crippen LogP contribution is -2.44. The number of aromatic nitrogens is 2. The van der Waals surface area contributed by atoms with Gasteiger partial charge < -0.3 is 10.2 Å². The fourth-order valence-electron chi connectivity index (χ4n) is 2.12. The minimum absolute atomic E-state index is 0.101.